The Bertz CT molecular complexity index is 76.8. The van der Waals surface area contributed by atoms with Crippen molar-refractivity contribution >= 4 is 0 Å². The van der Waals surface area contributed by atoms with Crippen LogP contribution in [0.15, 0.2) is 12.2 Å². The van der Waals surface area contributed by atoms with E-state index in [-0.39, 0.29) is 6.61 Å². The van der Waals surface area contributed by atoms with Crippen LogP contribution in [0.3, 0.4) is 0 Å². The van der Waals surface area contributed by atoms with Gasteiger partial charge in [-0.1, -0.05) is 25.5 Å². The molecular weight excluding hydrogens is 124 g/mol. The van der Waals surface area contributed by atoms with Gasteiger partial charge in [0.25, 0.3) is 0 Å². The van der Waals surface area contributed by atoms with Crippen molar-refractivity contribution in [1.82, 2.24) is 0 Å². The first-order valence-corrected chi connectivity index (χ1v) is 4.15. The summed E-state index contributed by atoms with van der Waals surface area (Å²) in [6.45, 7) is 2.25. The van der Waals surface area contributed by atoms with Crippen molar-refractivity contribution in [1.29, 1.82) is 0 Å². The van der Waals surface area contributed by atoms with Crippen molar-refractivity contribution in [2.24, 2.45) is 0 Å². The van der Waals surface area contributed by atoms with E-state index in [4.69, 9.17) is 0 Å². The zero-order chi connectivity index (χ0) is 7.66. The van der Waals surface area contributed by atoms with Gasteiger partial charge in [0.05, 0.1) is 6.61 Å². The Kier molecular flexibility index (Phi) is 8.44. The maximum absolute atomic E-state index is 9.99. The number of allylic oxidation sites excluding steroid dienone is 2. The van der Waals surface area contributed by atoms with Gasteiger partial charge in [-0.3, -0.25) is 0 Å². The Labute approximate surface area is 63.8 Å². The van der Waals surface area contributed by atoms with Crippen molar-refractivity contribution in [3.63, 3.8) is 0 Å². The molecule has 0 aliphatic carbocycles. The van der Waals surface area contributed by atoms with Crippen molar-refractivity contribution in [3.8, 4) is 0 Å². The van der Waals surface area contributed by atoms with E-state index in [2.05, 4.69) is 19.1 Å². The molecule has 0 aromatic carbocycles. The van der Waals surface area contributed by atoms with Crippen molar-refractivity contribution in [2.75, 3.05) is 6.61 Å². The minimum Gasteiger partial charge on any atom is -0.237 e. The standard InChI is InChI=1S/C9H17O/c1-2-3-4-5-6-7-8-9-10/h4-5H,2-3,6-9H2,1H3/b5-4+. The molecule has 0 N–H and O–H groups in total. The maximum atomic E-state index is 9.99. The third-order valence-electron chi connectivity index (χ3n) is 1.39. The van der Waals surface area contributed by atoms with Crippen LogP contribution in [0.4, 0.5) is 0 Å². The molecule has 0 fully saturated rings. The fourth-order valence-corrected chi connectivity index (χ4v) is 0.767. The third kappa shape index (κ3) is 7.70. The summed E-state index contributed by atoms with van der Waals surface area (Å²) in [6, 6.07) is 0. The largest absolute Gasteiger partial charge is 0.237 e. The molecule has 1 heteroatoms. The Morgan fingerprint density at radius 1 is 1.10 bits per heavy atom. The predicted molar refractivity (Wildman–Crippen MR) is 43.5 cm³/mol. The molecule has 0 bridgehead atoms. The van der Waals surface area contributed by atoms with Crippen molar-refractivity contribution in [3.05, 3.63) is 12.2 Å². The molecule has 0 rings (SSSR count). The zero-order valence-corrected chi connectivity index (χ0v) is 6.81. The predicted octanol–water partition coefficient (Wildman–Crippen LogP) is 2.94. The first kappa shape index (κ1) is 9.70. The van der Waals surface area contributed by atoms with E-state index in [9.17, 15) is 5.11 Å². The Morgan fingerprint density at radius 2 is 1.80 bits per heavy atom. The molecule has 1 radical (unpaired) electrons. The molecule has 59 valence electrons. The normalized spacial score (nSPS) is 11.0. The van der Waals surface area contributed by atoms with Crippen LogP contribution >= 0.6 is 0 Å². The van der Waals surface area contributed by atoms with Crippen molar-refractivity contribution in [2.45, 2.75) is 39.0 Å². The van der Waals surface area contributed by atoms with Gasteiger partial charge in [-0.2, -0.15) is 0 Å². The molecule has 0 saturated heterocycles. The number of unbranched alkanes of at least 4 members (excludes halogenated alkanes) is 3. The van der Waals surface area contributed by atoms with Gasteiger partial charge in [0.15, 0.2) is 0 Å². The van der Waals surface area contributed by atoms with Gasteiger partial charge in [0.1, 0.15) is 0 Å². The molecule has 0 aliphatic rings. The molecule has 0 atom stereocenters. The lowest BCUT2D eigenvalue weighted by Gasteiger charge is -1.89. The minimum atomic E-state index is 0.0849. The first-order chi connectivity index (χ1) is 4.91. The Morgan fingerprint density at radius 3 is 2.40 bits per heavy atom. The maximum Gasteiger partial charge on any atom is 0.0822 e. The minimum absolute atomic E-state index is 0.0849. The average Bonchev–Trinajstić information content (AvgIpc) is 1.97. The highest BCUT2D eigenvalue weighted by Crippen LogP contribution is 1.97. The van der Waals surface area contributed by atoms with E-state index in [1.807, 2.05) is 0 Å². The summed E-state index contributed by atoms with van der Waals surface area (Å²) in [6.07, 6.45) is 9.75. The van der Waals surface area contributed by atoms with Crippen LogP contribution < -0.4 is 0 Å². The summed E-state index contributed by atoms with van der Waals surface area (Å²) >= 11 is 0. The fraction of sp³-hybridized carbons (Fsp3) is 0.778. The first-order valence-electron chi connectivity index (χ1n) is 4.15. The summed E-state index contributed by atoms with van der Waals surface area (Å²) in [5, 5.41) is 9.99. The number of rotatable bonds is 6. The van der Waals surface area contributed by atoms with E-state index >= 15 is 0 Å². The molecular formula is C9H17O. The lowest BCUT2D eigenvalue weighted by molar-refractivity contribution is 0.187. The van der Waals surface area contributed by atoms with Crippen LogP contribution in [0, 0.1) is 0 Å². The second kappa shape index (κ2) is 8.70. The van der Waals surface area contributed by atoms with Gasteiger partial charge in [0, 0.05) is 0 Å². The van der Waals surface area contributed by atoms with E-state index in [0.29, 0.717) is 0 Å². The molecule has 0 aliphatic heterocycles. The number of hydrogen-bond acceptors (Lipinski definition) is 0. The SMILES string of the molecule is CCC/C=C/CCCC[O]. The van der Waals surface area contributed by atoms with Crippen LogP contribution in [-0.4, -0.2) is 6.61 Å². The van der Waals surface area contributed by atoms with E-state index in [1.165, 1.54) is 12.8 Å². The molecule has 0 heterocycles. The third-order valence-corrected chi connectivity index (χ3v) is 1.39. The van der Waals surface area contributed by atoms with Crippen molar-refractivity contribution < 1.29 is 5.11 Å². The summed E-state index contributed by atoms with van der Waals surface area (Å²) in [5.74, 6) is 0. The molecule has 0 aromatic heterocycles. The van der Waals surface area contributed by atoms with Gasteiger partial charge in [-0.15, -0.1) is 0 Å². The quantitative estimate of drug-likeness (QED) is 0.400. The van der Waals surface area contributed by atoms with Gasteiger partial charge < -0.3 is 0 Å². The van der Waals surface area contributed by atoms with Crippen LogP contribution in [0.5, 0.6) is 0 Å². The molecule has 0 unspecified atom stereocenters. The van der Waals surface area contributed by atoms with Crippen LogP contribution in [0.2, 0.25) is 0 Å². The lowest BCUT2D eigenvalue weighted by atomic mass is 10.2. The lowest BCUT2D eigenvalue weighted by Crippen LogP contribution is -1.78. The molecule has 0 spiro atoms. The fourth-order valence-electron chi connectivity index (χ4n) is 0.767. The molecule has 0 aromatic rings. The monoisotopic (exact) mass is 141 g/mol. The summed E-state index contributed by atoms with van der Waals surface area (Å²) in [5.41, 5.74) is 0. The van der Waals surface area contributed by atoms with E-state index in [1.54, 1.807) is 0 Å². The van der Waals surface area contributed by atoms with Gasteiger partial charge >= 0.3 is 0 Å². The van der Waals surface area contributed by atoms with E-state index < -0.39 is 0 Å². The van der Waals surface area contributed by atoms with Crippen LogP contribution in [0.1, 0.15) is 39.0 Å². The summed E-state index contributed by atoms with van der Waals surface area (Å²) < 4.78 is 0. The molecule has 10 heavy (non-hydrogen) atoms. The van der Waals surface area contributed by atoms with E-state index in [0.717, 1.165) is 19.3 Å². The smallest absolute Gasteiger partial charge is 0.0822 e. The molecule has 0 saturated carbocycles. The van der Waals surface area contributed by atoms with Crippen LogP contribution in [0.25, 0.3) is 0 Å². The second-order valence-electron chi connectivity index (χ2n) is 2.46. The van der Waals surface area contributed by atoms with Crippen LogP contribution in [-0.2, 0) is 5.11 Å². The Balaban J connectivity index is 2.88. The van der Waals surface area contributed by atoms with Gasteiger partial charge in [0.2, 0.25) is 0 Å². The zero-order valence-electron chi connectivity index (χ0n) is 6.81. The molecule has 1 nitrogen and oxygen atoms in total. The summed E-state index contributed by atoms with van der Waals surface area (Å²) in [4.78, 5) is 0. The average molecular weight is 141 g/mol. The number of hydrogen-bond donors (Lipinski definition) is 0. The Hall–Kier alpha value is -0.300. The summed E-state index contributed by atoms with van der Waals surface area (Å²) in [7, 11) is 0. The topological polar surface area (TPSA) is 19.9 Å². The van der Waals surface area contributed by atoms with Gasteiger partial charge in [-0.25, -0.2) is 5.11 Å². The highest BCUT2D eigenvalue weighted by molar-refractivity contribution is 4.80. The highest BCUT2D eigenvalue weighted by Gasteiger charge is 1.82. The molecule has 0 amide bonds. The second-order valence-corrected chi connectivity index (χ2v) is 2.46. The highest BCUT2D eigenvalue weighted by atomic mass is 16.2. The van der Waals surface area contributed by atoms with Gasteiger partial charge in [-0.05, 0) is 25.7 Å².